The van der Waals surface area contributed by atoms with Crippen molar-refractivity contribution in [1.82, 2.24) is 0 Å². The molecule has 0 spiro atoms. The van der Waals surface area contributed by atoms with Crippen LogP contribution in [0.3, 0.4) is 0 Å². The van der Waals surface area contributed by atoms with Crippen LogP contribution in [-0.2, 0) is 6.42 Å². The molecule has 0 saturated heterocycles. The van der Waals surface area contributed by atoms with Crippen LogP contribution in [0.25, 0.3) is 0 Å². The highest BCUT2D eigenvalue weighted by Crippen LogP contribution is 2.29. The highest BCUT2D eigenvalue weighted by Gasteiger charge is 2.32. The highest BCUT2D eigenvalue weighted by molar-refractivity contribution is 5.32. The second-order valence-electron chi connectivity index (χ2n) is 4.17. The van der Waals surface area contributed by atoms with Gasteiger partial charge in [-0.25, -0.2) is 0 Å². The number of nitriles is 2. The van der Waals surface area contributed by atoms with Gasteiger partial charge in [0.1, 0.15) is 5.75 Å². The maximum Gasteiger partial charge on any atom is 0.573 e. The fraction of sp³-hybridized carbons (Fsp3) is 0.286. The second-order valence-corrected chi connectivity index (χ2v) is 4.17. The lowest BCUT2D eigenvalue weighted by atomic mass is 9.81. The molecule has 1 rings (SSSR count). The number of ether oxygens (including phenoxy) is 1. The molecule has 0 N–H and O–H groups in total. The molecule has 0 amide bonds. The number of hydrogen-bond donors (Lipinski definition) is 0. The molecule has 1 aromatic carbocycles. The average molecular weight is 280 g/mol. The smallest absolute Gasteiger partial charge is 0.406 e. The second kappa shape index (κ2) is 6.12. The molecular weight excluding hydrogens is 269 g/mol. The number of benzene rings is 1. The van der Waals surface area contributed by atoms with Crippen LogP contribution in [0.2, 0.25) is 0 Å². The molecule has 0 aromatic heterocycles. The standard InChI is InChI=1S/C14H11F3N2O/c1-2-6-13(9-18,10-19)8-11-4-3-5-12(7-11)20-14(15,16)17/h2-5,7H,1,6,8H2. The Morgan fingerprint density at radius 1 is 1.25 bits per heavy atom. The number of nitrogens with zero attached hydrogens (tertiary/aromatic N) is 2. The van der Waals surface area contributed by atoms with Crippen molar-refractivity contribution >= 4 is 0 Å². The Morgan fingerprint density at radius 3 is 2.40 bits per heavy atom. The van der Waals surface area contributed by atoms with Gasteiger partial charge in [0.2, 0.25) is 0 Å². The van der Waals surface area contributed by atoms with Crippen LogP contribution in [-0.4, -0.2) is 6.36 Å². The Bertz CT molecular complexity index is 553. The van der Waals surface area contributed by atoms with E-state index < -0.39 is 11.8 Å². The zero-order valence-corrected chi connectivity index (χ0v) is 10.4. The summed E-state index contributed by atoms with van der Waals surface area (Å²) >= 11 is 0. The van der Waals surface area contributed by atoms with Gasteiger partial charge in [-0.3, -0.25) is 0 Å². The van der Waals surface area contributed by atoms with Gasteiger partial charge in [0.15, 0.2) is 5.41 Å². The van der Waals surface area contributed by atoms with Crippen LogP contribution in [0.15, 0.2) is 36.9 Å². The van der Waals surface area contributed by atoms with E-state index in [0.29, 0.717) is 5.56 Å². The molecule has 6 heteroatoms. The molecule has 1 aromatic rings. The predicted molar refractivity (Wildman–Crippen MR) is 65.3 cm³/mol. The zero-order chi connectivity index (χ0) is 15.2. The Kier molecular flexibility index (Phi) is 4.77. The molecule has 104 valence electrons. The summed E-state index contributed by atoms with van der Waals surface area (Å²) in [5.41, 5.74) is -0.921. The zero-order valence-electron chi connectivity index (χ0n) is 10.4. The van der Waals surface area contributed by atoms with E-state index in [4.69, 9.17) is 10.5 Å². The fourth-order valence-electron chi connectivity index (χ4n) is 1.71. The van der Waals surface area contributed by atoms with E-state index in [1.54, 1.807) is 0 Å². The van der Waals surface area contributed by atoms with Gasteiger partial charge in [-0.2, -0.15) is 10.5 Å². The highest BCUT2D eigenvalue weighted by atomic mass is 19.4. The third-order valence-corrected chi connectivity index (χ3v) is 2.56. The monoisotopic (exact) mass is 280 g/mol. The molecule has 0 fully saturated rings. The summed E-state index contributed by atoms with van der Waals surface area (Å²) < 4.78 is 40.2. The summed E-state index contributed by atoms with van der Waals surface area (Å²) in [6.07, 6.45) is -3.21. The Balaban J connectivity index is 2.99. The van der Waals surface area contributed by atoms with E-state index >= 15 is 0 Å². The first-order valence-corrected chi connectivity index (χ1v) is 5.62. The number of rotatable bonds is 5. The Hall–Kier alpha value is -2.47. The van der Waals surface area contributed by atoms with Crippen molar-refractivity contribution in [2.75, 3.05) is 0 Å². The lowest BCUT2D eigenvalue weighted by molar-refractivity contribution is -0.274. The molecular formula is C14H11F3N2O. The van der Waals surface area contributed by atoms with Crippen LogP contribution < -0.4 is 4.74 Å². The van der Waals surface area contributed by atoms with Gasteiger partial charge in [0.25, 0.3) is 0 Å². The minimum Gasteiger partial charge on any atom is -0.406 e. The van der Waals surface area contributed by atoms with Crippen molar-refractivity contribution < 1.29 is 17.9 Å². The molecule has 0 saturated carbocycles. The SMILES string of the molecule is C=CCC(C#N)(C#N)Cc1cccc(OC(F)(F)F)c1. The maximum atomic E-state index is 12.1. The van der Waals surface area contributed by atoms with Crippen molar-refractivity contribution in [3.63, 3.8) is 0 Å². The summed E-state index contributed by atoms with van der Waals surface area (Å²) in [6, 6.07) is 9.01. The summed E-state index contributed by atoms with van der Waals surface area (Å²) in [6.45, 7) is 3.47. The Morgan fingerprint density at radius 2 is 1.90 bits per heavy atom. The maximum absolute atomic E-state index is 12.1. The molecule has 0 aliphatic heterocycles. The van der Waals surface area contributed by atoms with E-state index in [0.717, 1.165) is 6.07 Å². The summed E-state index contributed by atoms with van der Waals surface area (Å²) in [7, 11) is 0. The molecule has 0 bridgehead atoms. The number of alkyl halides is 3. The van der Waals surface area contributed by atoms with Gasteiger partial charge in [-0.1, -0.05) is 18.2 Å². The van der Waals surface area contributed by atoms with Crippen molar-refractivity contribution in [2.45, 2.75) is 19.2 Å². The normalized spacial score (nSPS) is 11.2. The van der Waals surface area contributed by atoms with Crippen LogP contribution in [0, 0.1) is 28.1 Å². The summed E-state index contributed by atoms with van der Waals surface area (Å²) in [4.78, 5) is 0. The third kappa shape index (κ3) is 4.33. The number of hydrogen-bond acceptors (Lipinski definition) is 3. The number of allylic oxidation sites excluding steroid dienone is 1. The van der Waals surface area contributed by atoms with Crippen molar-refractivity contribution in [3.8, 4) is 17.9 Å². The van der Waals surface area contributed by atoms with E-state index in [-0.39, 0.29) is 18.6 Å². The molecule has 0 unspecified atom stereocenters. The first-order chi connectivity index (χ1) is 9.34. The van der Waals surface area contributed by atoms with E-state index in [9.17, 15) is 13.2 Å². The Labute approximate surface area is 114 Å². The predicted octanol–water partition coefficient (Wildman–Crippen LogP) is 3.74. The van der Waals surface area contributed by atoms with Gasteiger partial charge in [-0.15, -0.1) is 19.8 Å². The molecule has 0 aliphatic carbocycles. The van der Waals surface area contributed by atoms with Crippen molar-refractivity contribution in [3.05, 3.63) is 42.5 Å². The number of halogens is 3. The van der Waals surface area contributed by atoms with Crippen LogP contribution in [0.4, 0.5) is 13.2 Å². The topological polar surface area (TPSA) is 56.8 Å². The largest absolute Gasteiger partial charge is 0.573 e. The quantitative estimate of drug-likeness (QED) is 0.772. The molecule has 0 aliphatic rings. The van der Waals surface area contributed by atoms with Crippen molar-refractivity contribution in [1.29, 1.82) is 10.5 Å². The van der Waals surface area contributed by atoms with Gasteiger partial charge in [0, 0.05) is 6.42 Å². The van der Waals surface area contributed by atoms with Gasteiger partial charge in [0.05, 0.1) is 12.1 Å². The first-order valence-electron chi connectivity index (χ1n) is 5.62. The van der Waals surface area contributed by atoms with Gasteiger partial charge in [-0.05, 0) is 24.1 Å². The molecule has 0 radical (unpaired) electrons. The molecule has 3 nitrogen and oxygen atoms in total. The lowest BCUT2D eigenvalue weighted by Gasteiger charge is -2.17. The third-order valence-electron chi connectivity index (χ3n) is 2.56. The van der Waals surface area contributed by atoms with E-state index in [1.807, 2.05) is 12.1 Å². The average Bonchev–Trinajstić information content (AvgIpc) is 2.36. The van der Waals surface area contributed by atoms with Crippen LogP contribution in [0.5, 0.6) is 5.75 Å². The summed E-state index contributed by atoms with van der Waals surface area (Å²) in [5, 5.41) is 18.2. The summed E-state index contributed by atoms with van der Waals surface area (Å²) in [5.74, 6) is -0.376. The fourth-order valence-corrected chi connectivity index (χ4v) is 1.71. The molecule has 0 heterocycles. The van der Waals surface area contributed by atoms with Gasteiger partial charge < -0.3 is 4.74 Å². The van der Waals surface area contributed by atoms with Crippen LogP contribution >= 0.6 is 0 Å². The minimum absolute atomic E-state index is 0.00107. The van der Waals surface area contributed by atoms with E-state index in [1.165, 1.54) is 24.3 Å². The van der Waals surface area contributed by atoms with Crippen molar-refractivity contribution in [2.24, 2.45) is 5.41 Å². The lowest BCUT2D eigenvalue weighted by Crippen LogP contribution is -2.19. The van der Waals surface area contributed by atoms with Gasteiger partial charge >= 0.3 is 6.36 Å². The molecule has 20 heavy (non-hydrogen) atoms. The molecule has 0 atom stereocenters. The first kappa shape index (κ1) is 15.6. The van der Waals surface area contributed by atoms with E-state index in [2.05, 4.69) is 11.3 Å². The minimum atomic E-state index is -4.78. The van der Waals surface area contributed by atoms with Crippen LogP contribution in [0.1, 0.15) is 12.0 Å².